The minimum atomic E-state index is -1.26. The van der Waals surface area contributed by atoms with Crippen LogP contribution < -0.4 is 4.74 Å². The molecule has 2 aromatic heterocycles. The van der Waals surface area contributed by atoms with Gasteiger partial charge in [-0.05, 0) is 35.0 Å². The summed E-state index contributed by atoms with van der Waals surface area (Å²) in [5, 5.41) is 18.1. The van der Waals surface area contributed by atoms with Crippen LogP contribution >= 0.6 is 27.3 Å². The molecule has 0 aromatic carbocycles. The molecule has 2 aromatic rings. The number of halogens is 2. The van der Waals surface area contributed by atoms with Crippen molar-refractivity contribution >= 4 is 27.3 Å². The van der Waals surface area contributed by atoms with Gasteiger partial charge in [0.25, 0.3) is 5.19 Å². The molecule has 0 aliphatic rings. The van der Waals surface area contributed by atoms with E-state index in [1.807, 2.05) is 6.92 Å². The second kappa shape index (κ2) is 5.68. The molecule has 1 N–H and O–H groups in total. The Balaban J connectivity index is 2.29. The molecule has 2 heterocycles. The lowest BCUT2D eigenvalue weighted by Crippen LogP contribution is -2.05. The molecule has 8 heteroatoms. The Bertz CT molecular complexity index is 552. The molecular weight excluding hydrogens is 325 g/mol. The summed E-state index contributed by atoms with van der Waals surface area (Å²) < 4.78 is 19.1. The first-order chi connectivity index (χ1) is 8.61. The van der Waals surface area contributed by atoms with Crippen LogP contribution in [0.15, 0.2) is 16.7 Å². The van der Waals surface area contributed by atoms with E-state index in [2.05, 4.69) is 31.1 Å². The van der Waals surface area contributed by atoms with Crippen LogP contribution in [0.3, 0.4) is 0 Å². The highest BCUT2D eigenvalue weighted by atomic mass is 79.9. The summed E-state index contributed by atoms with van der Waals surface area (Å²) in [7, 11) is 0. The van der Waals surface area contributed by atoms with Crippen LogP contribution in [0.5, 0.6) is 5.19 Å². The summed E-state index contributed by atoms with van der Waals surface area (Å²) in [6, 6.07) is 2.68. The lowest BCUT2D eigenvalue weighted by molar-refractivity contribution is 0.207. The number of hydrogen-bond donors (Lipinski definition) is 1. The number of aromatic nitrogens is 3. The molecule has 0 bridgehead atoms. The van der Waals surface area contributed by atoms with E-state index in [0.29, 0.717) is 16.4 Å². The van der Waals surface area contributed by atoms with E-state index in [9.17, 15) is 9.50 Å². The zero-order chi connectivity index (χ0) is 13.1. The second-order valence-electron chi connectivity index (χ2n) is 3.24. The van der Waals surface area contributed by atoms with Crippen LogP contribution in [0.2, 0.25) is 0 Å². The van der Waals surface area contributed by atoms with Gasteiger partial charge in [-0.2, -0.15) is 0 Å². The Kier molecular flexibility index (Phi) is 4.20. The van der Waals surface area contributed by atoms with Gasteiger partial charge >= 0.3 is 0 Å². The van der Waals surface area contributed by atoms with Crippen molar-refractivity contribution in [2.75, 3.05) is 6.61 Å². The Hall–Kier alpha value is -1.12. The normalized spacial score (nSPS) is 12.4. The molecule has 96 valence electrons. The molecule has 0 amide bonds. The molecular formula is C10H9BrFN3O2S. The number of ether oxygens (including phenoxy) is 1. The SMILES string of the molecule is CCOc1nnc(C(O)c2nc(Br)ccc2F)s1. The largest absolute Gasteiger partial charge is 0.469 e. The summed E-state index contributed by atoms with van der Waals surface area (Å²) in [5.41, 5.74) is -0.0939. The van der Waals surface area contributed by atoms with E-state index in [4.69, 9.17) is 4.74 Å². The van der Waals surface area contributed by atoms with Gasteiger partial charge in [-0.1, -0.05) is 16.4 Å². The van der Waals surface area contributed by atoms with Crippen LogP contribution in [0.25, 0.3) is 0 Å². The average Bonchev–Trinajstić information content (AvgIpc) is 2.80. The van der Waals surface area contributed by atoms with Crippen molar-refractivity contribution in [3.8, 4) is 5.19 Å². The minimum absolute atomic E-state index is 0.0939. The van der Waals surface area contributed by atoms with Gasteiger partial charge in [-0.15, -0.1) is 5.10 Å². The van der Waals surface area contributed by atoms with E-state index < -0.39 is 11.9 Å². The average molecular weight is 334 g/mol. The number of aliphatic hydroxyl groups excluding tert-OH is 1. The zero-order valence-electron chi connectivity index (χ0n) is 9.30. The number of hydrogen-bond acceptors (Lipinski definition) is 6. The van der Waals surface area contributed by atoms with Crippen molar-refractivity contribution in [3.63, 3.8) is 0 Å². The van der Waals surface area contributed by atoms with Crippen LogP contribution in [0.4, 0.5) is 4.39 Å². The van der Waals surface area contributed by atoms with Gasteiger partial charge in [-0.3, -0.25) is 0 Å². The fourth-order valence-electron chi connectivity index (χ4n) is 1.25. The molecule has 0 saturated carbocycles. The van der Waals surface area contributed by atoms with E-state index in [-0.39, 0.29) is 10.7 Å². The van der Waals surface area contributed by atoms with Crippen molar-refractivity contribution in [1.82, 2.24) is 15.2 Å². The van der Waals surface area contributed by atoms with Crippen LogP contribution in [-0.4, -0.2) is 26.9 Å². The maximum absolute atomic E-state index is 13.5. The predicted octanol–water partition coefficient (Wildman–Crippen LogP) is 2.32. The minimum Gasteiger partial charge on any atom is -0.469 e. The lowest BCUT2D eigenvalue weighted by Gasteiger charge is -2.07. The maximum atomic E-state index is 13.5. The van der Waals surface area contributed by atoms with Gasteiger partial charge in [0, 0.05) is 0 Å². The molecule has 1 unspecified atom stereocenters. The molecule has 0 aliphatic carbocycles. The highest BCUT2D eigenvalue weighted by Gasteiger charge is 2.21. The number of aliphatic hydroxyl groups is 1. The fraction of sp³-hybridized carbons (Fsp3) is 0.300. The van der Waals surface area contributed by atoms with E-state index in [0.717, 1.165) is 11.3 Å². The summed E-state index contributed by atoms with van der Waals surface area (Å²) in [6.45, 7) is 2.27. The van der Waals surface area contributed by atoms with Crippen molar-refractivity contribution in [1.29, 1.82) is 0 Å². The second-order valence-corrected chi connectivity index (χ2v) is 5.03. The summed E-state index contributed by atoms with van der Waals surface area (Å²) in [4.78, 5) is 3.89. The zero-order valence-corrected chi connectivity index (χ0v) is 11.7. The monoisotopic (exact) mass is 333 g/mol. The third-order valence-corrected chi connectivity index (χ3v) is 3.35. The van der Waals surface area contributed by atoms with E-state index >= 15 is 0 Å². The fourth-order valence-corrected chi connectivity index (χ4v) is 2.32. The third kappa shape index (κ3) is 2.82. The summed E-state index contributed by atoms with van der Waals surface area (Å²) in [6.07, 6.45) is -1.26. The summed E-state index contributed by atoms with van der Waals surface area (Å²) in [5.74, 6) is -0.598. The van der Waals surface area contributed by atoms with Crippen molar-refractivity contribution in [2.45, 2.75) is 13.0 Å². The Morgan fingerprint density at radius 3 is 3.00 bits per heavy atom. The Morgan fingerprint density at radius 1 is 1.50 bits per heavy atom. The number of pyridine rings is 1. The molecule has 2 rings (SSSR count). The molecule has 0 saturated heterocycles. The van der Waals surface area contributed by atoms with Crippen LogP contribution in [0.1, 0.15) is 23.7 Å². The molecule has 0 aliphatic heterocycles. The molecule has 0 spiro atoms. The van der Waals surface area contributed by atoms with E-state index in [1.165, 1.54) is 12.1 Å². The van der Waals surface area contributed by atoms with Crippen molar-refractivity contribution in [3.05, 3.63) is 33.3 Å². The molecule has 1 atom stereocenters. The van der Waals surface area contributed by atoms with Gasteiger partial charge in [0.15, 0.2) is 11.1 Å². The van der Waals surface area contributed by atoms with Crippen LogP contribution in [0, 0.1) is 5.82 Å². The quantitative estimate of drug-likeness (QED) is 0.869. The molecule has 0 fully saturated rings. The van der Waals surface area contributed by atoms with Gasteiger partial charge < -0.3 is 9.84 Å². The number of rotatable bonds is 4. The van der Waals surface area contributed by atoms with Gasteiger partial charge in [0.1, 0.15) is 16.1 Å². The van der Waals surface area contributed by atoms with Crippen LogP contribution in [-0.2, 0) is 0 Å². The molecule has 18 heavy (non-hydrogen) atoms. The topological polar surface area (TPSA) is 68.1 Å². The first-order valence-corrected chi connectivity index (χ1v) is 6.69. The predicted molar refractivity (Wildman–Crippen MR) is 67.0 cm³/mol. The first-order valence-electron chi connectivity index (χ1n) is 5.08. The van der Waals surface area contributed by atoms with Gasteiger partial charge in [0.2, 0.25) is 0 Å². The van der Waals surface area contributed by atoms with E-state index in [1.54, 1.807) is 0 Å². The van der Waals surface area contributed by atoms with Gasteiger partial charge in [-0.25, -0.2) is 9.37 Å². The molecule has 5 nitrogen and oxygen atoms in total. The Morgan fingerprint density at radius 2 is 2.28 bits per heavy atom. The van der Waals surface area contributed by atoms with Crippen molar-refractivity contribution < 1.29 is 14.2 Å². The highest BCUT2D eigenvalue weighted by molar-refractivity contribution is 9.10. The van der Waals surface area contributed by atoms with Crippen molar-refractivity contribution in [2.24, 2.45) is 0 Å². The first kappa shape index (κ1) is 13.3. The number of nitrogens with zero attached hydrogens (tertiary/aromatic N) is 3. The lowest BCUT2D eigenvalue weighted by atomic mass is 10.2. The highest BCUT2D eigenvalue weighted by Crippen LogP contribution is 2.29. The Labute approximate surface area is 115 Å². The summed E-state index contributed by atoms with van der Waals surface area (Å²) >= 11 is 4.18. The van der Waals surface area contributed by atoms with Gasteiger partial charge in [0.05, 0.1) is 6.61 Å². The third-order valence-electron chi connectivity index (χ3n) is 2.02. The smallest absolute Gasteiger partial charge is 0.294 e. The standard InChI is InChI=1S/C10H9BrFN3O2S/c1-2-17-10-15-14-9(18-10)8(16)7-5(12)3-4-6(11)13-7/h3-4,8,16H,2H2,1H3. The maximum Gasteiger partial charge on any atom is 0.294 e. The molecule has 0 radical (unpaired) electrons.